The third kappa shape index (κ3) is 3.07. The van der Waals surface area contributed by atoms with Crippen molar-refractivity contribution in [2.24, 2.45) is 0 Å². The predicted octanol–water partition coefficient (Wildman–Crippen LogP) is 4.17. The molecule has 0 unspecified atom stereocenters. The molecule has 0 aliphatic carbocycles. The number of aryl methyl sites for hydroxylation is 1. The summed E-state index contributed by atoms with van der Waals surface area (Å²) in [6.07, 6.45) is 0.887. The minimum absolute atomic E-state index is 0.0150. The second-order valence-corrected chi connectivity index (χ2v) is 5.75. The molecular formula is C13H12INOS. The summed E-state index contributed by atoms with van der Waals surface area (Å²) in [6.45, 7) is 2.06. The Kier molecular flexibility index (Phi) is 4.17. The van der Waals surface area contributed by atoms with Crippen LogP contribution < -0.4 is 5.32 Å². The Morgan fingerprint density at radius 2 is 2.24 bits per heavy atom. The van der Waals surface area contributed by atoms with Gasteiger partial charge in [0.05, 0.1) is 4.88 Å². The molecule has 0 saturated carbocycles. The van der Waals surface area contributed by atoms with E-state index in [0.717, 1.165) is 26.1 Å². The second-order valence-electron chi connectivity index (χ2n) is 3.59. The summed E-state index contributed by atoms with van der Waals surface area (Å²) in [5.74, 6) is -0.0150. The number of rotatable bonds is 3. The van der Waals surface area contributed by atoms with Crippen molar-refractivity contribution >= 4 is 45.5 Å². The molecule has 0 aliphatic heterocycles. The van der Waals surface area contributed by atoms with Crippen molar-refractivity contribution < 1.29 is 4.79 Å². The molecule has 0 spiro atoms. The summed E-state index contributed by atoms with van der Waals surface area (Å²) in [5.41, 5.74) is 1.95. The molecule has 88 valence electrons. The van der Waals surface area contributed by atoms with E-state index in [2.05, 4.69) is 34.8 Å². The number of amides is 1. The zero-order valence-electron chi connectivity index (χ0n) is 9.37. The standard InChI is InChI=1S/C13H12INOS/c1-2-9-6-7-17-12(9)13(16)15-11-5-3-4-10(14)8-11/h3-8H,2H2,1H3,(H,15,16). The largest absolute Gasteiger partial charge is 0.321 e. The smallest absolute Gasteiger partial charge is 0.266 e. The summed E-state index contributed by atoms with van der Waals surface area (Å²) < 4.78 is 1.11. The van der Waals surface area contributed by atoms with Gasteiger partial charge in [-0.05, 0) is 64.2 Å². The van der Waals surface area contributed by atoms with Gasteiger partial charge in [-0.2, -0.15) is 0 Å². The van der Waals surface area contributed by atoms with Crippen molar-refractivity contribution in [1.82, 2.24) is 0 Å². The molecule has 0 radical (unpaired) electrons. The fourth-order valence-corrected chi connectivity index (χ4v) is 3.00. The predicted molar refractivity (Wildman–Crippen MR) is 80.8 cm³/mol. The second kappa shape index (κ2) is 5.64. The van der Waals surface area contributed by atoms with Crippen LogP contribution in [0.2, 0.25) is 0 Å². The quantitative estimate of drug-likeness (QED) is 0.821. The van der Waals surface area contributed by atoms with Gasteiger partial charge in [0.1, 0.15) is 0 Å². The van der Waals surface area contributed by atoms with Crippen molar-refractivity contribution in [2.45, 2.75) is 13.3 Å². The molecule has 0 atom stereocenters. The lowest BCUT2D eigenvalue weighted by molar-refractivity contribution is 0.103. The number of carbonyl (C=O) groups excluding carboxylic acids is 1. The molecule has 0 fully saturated rings. The van der Waals surface area contributed by atoms with Gasteiger partial charge in [0.15, 0.2) is 0 Å². The lowest BCUT2D eigenvalue weighted by Gasteiger charge is -2.05. The van der Waals surface area contributed by atoms with E-state index in [1.54, 1.807) is 0 Å². The Bertz CT molecular complexity index is 536. The van der Waals surface area contributed by atoms with Crippen LogP contribution >= 0.6 is 33.9 Å². The zero-order valence-corrected chi connectivity index (χ0v) is 12.3. The van der Waals surface area contributed by atoms with Crippen molar-refractivity contribution in [3.63, 3.8) is 0 Å². The zero-order chi connectivity index (χ0) is 12.3. The van der Waals surface area contributed by atoms with Gasteiger partial charge in [0, 0.05) is 9.26 Å². The van der Waals surface area contributed by atoms with Crippen molar-refractivity contribution in [2.75, 3.05) is 5.32 Å². The van der Waals surface area contributed by atoms with Crippen molar-refractivity contribution in [1.29, 1.82) is 0 Å². The normalized spacial score (nSPS) is 10.2. The van der Waals surface area contributed by atoms with Crippen LogP contribution in [0.4, 0.5) is 5.69 Å². The van der Waals surface area contributed by atoms with Crippen molar-refractivity contribution in [3.8, 4) is 0 Å². The van der Waals surface area contributed by atoms with E-state index in [0.29, 0.717) is 0 Å². The SMILES string of the molecule is CCc1ccsc1C(=O)Nc1cccc(I)c1. The number of carbonyl (C=O) groups is 1. The van der Waals surface area contributed by atoms with E-state index < -0.39 is 0 Å². The van der Waals surface area contributed by atoms with Gasteiger partial charge in [-0.3, -0.25) is 4.79 Å². The highest BCUT2D eigenvalue weighted by molar-refractivity contribution is 14.1. The first-order valence-corrected chi connectivity index (χ1v) is 7.30. The molecular weight excluding hydrogens is 345 g/mol. The summed E-state index contributed by atoms with van der Waals surface area (Å²) in [5, 5.41) is 4.89. The number of hydrogen-bond donors (Lipinski definition) is 1. The molecule has 0 aliphatic rings. The molecule has 4 heteroatoms. The van der Waals surface area contributed by atoms with Gasteiger partial charge in [0.25, 0.3) is 5.91 Å². The van der Waals surface area contributed by atoms with Gasteiger partial charge in [-0.25, -0.2) is 0 Å². The van der Waals surface area contributed by atoms with Crippen LogP contribution in [0, 0.1) is 3.57 Å². The van der Waals surface area contributed by atoms with Crippen LogP contribution in [0.3, 0.4) is 0 Å². The third-order valence-corrected chi connectivity index (χ3v) is 4.04. The topological polar surface area (TPSA) is 29.1 Å². The molecule has 0 bridgehead atoms. The molecule has 1 aromatic carbocycles. The van der Waals surface area contributed by atoms with Crippen LogP contribution in [0.25, 0.3) is 0 Å². The van der Waals surface area contributed by atoms with Gasteiger partial charge >= 0.3 is 0 Å². The minimum atomic E-state index is -0.0150. The van der Waals surface area contributed by atoms with Crippen LogP contribution in [-0.2, 0) is 6.42 Å². The van der Waals surface area contributed by atoms with Crippen LogP contribution in [0.5, 0.6) is 0 Å². The Morgan fingerprint density at radius 3 is 2.94 bits per heavy atom. The molecule has 1 N–H and O–H groups in total. The van der Waals surface area contributed by atoms with Gasteiger partial charge in [-0.15, -0.1) is 11.3 Å². The monoisotopic (exact) mass is 357 g/mol. The van der Waals surface area contributed by atoms with E-state index >= 15 is 0 Å². The number of hydrogen-bond acceptors (Lipinski definition) is 2. The molecule has 1 amide bonds. The molecule has 2 rings (SSSR count). The van der Waals surface area contributed by atoms with E-state index in [1.807, 2.05) is 35.7 Å². The Balaban J connectivity index is 2.17. The first-order valence-electron chi connectivity index (χ1n) is 5.34. The van der Waals surface area contributed by atoms with Crippen LogP contribution in [-0.4, -0.2) is 5.91 Å². The van der Waals surface area contributed by atoms with Gasteiger partial charge in [0.2, 0.25) is 0 Å². The van der Waals surface area contributed by atoms with Crippen LogP contribution in [0.15, 0.2) is 35.7 Å². The van der Waals surface area contributed by atoms with E-state index in [9.17, 15) is 4.79 Å². The molecule has 1 aromatic heterocycles. The molecule has 2 nitrogen and oxygen atoms in total. The third-order valence-electron chi connectivity index (χ3n) is 2.42. The van der Waals surface area contributed by atoms with E-state index in [-0.39, 0.29) is 5.91 Å². The maximum Gasteiger partial charge on any atom is 0.266 e. The maximum atomic E-state index is 12.1. The fraction of sp³-hybridized carbons (Fsp3) is 0.154. The van der Waals surface area contributed by atoms with E-state index in [4.69, 9.17) is 0 Å². The maximum absolute atomic E-state index is 12.1. The number of thiophene rings is 1. The summed E-state index contributed by atoms with van der Waals surface area (Å²) in [6, 6.07) is 9.80. The summed E-state index contributed by atoms with van der Waals surface area (Å²) in [4.78, 5) is 12.9. The first-order chi connectivity index (χ1) is 8.20. The summed E-state index contributed by atoms with van der Waals surface area (Å²) in [7, 11) is 0. The molecule has 2 aromatic rings. The van der Waals surface area contributed by atoms with Gasteiger partial charge < -0.3 is 5.32 Å². The lowest BCUT2D eigenvalue weighted by Crippen LogP contribution is -2.11. The van der Waals surface area contributed by atoms with Gasteiger partial charge in [-0.1, -0.05) is 13.0 Å². The van der Waals surface area contributed by atoms with Crippen LogP contribution in [0.1, 0.15) is 22.2 Å². The lowest BCUT2D eigenvalue weighted by atomic mass is 10.2. The molecule has 0 saturated heterocycles. The Morgan fingerprint density at radius 1 is 1.41 bits per heavy atom. The fourth-order valence-electron chi connectivity index (χ4n) is 1.57. The average molecular weight is 357 g/mol. The van der Waals surface area contributed by atoms with Crippen molar-refractivity contribution in [3.05, 3.63) is 49.7 Å². The number of halogens is 1. The number of benzene rings is 1. The highest BCUT2D eigenvalue weighted by Gasteiger charge is 2.11. The minimum Gasteiger partial charge on any atom is -0.321 e. The molecule has 1 heterocycles. The summed E-state index contributed by atoms with van der Waals surface area (Å²) >= 11 is 3.72. The molecule has 17 heavy (non-hydrogen) atoms. The highest BCUT2D eigenvalue weighted by Crippen LogP contribution is 2.20. The first kappa shape index (κ1) is 12.6. The highest BCUT2D eigenvalue weighted by atomic mass is 127. The van der Waals surface area contributed by atoms with E-state index in [1.165, 1.54) is 11.3 Å². The Labute approximate surface area is 118 Å². The number of anilines is 1. The average Bonchev–Trinajstić information content (AvgIpc) is 2.77. The number of nitrogens with one attached hydrogen (secondary N) is 1. The Hall–Kier alpha value is -0.880.